The van der Waals surface area contributed by atoms with Gasteiger partial charge in [0.05, 0.1) is 5.03 Å². The summed E-state index contributed by atoms with van der Waals surface area (Å²) >= 11 is 4.60. The van der Waals surface area contributed by atoms with Crippen molar-refractivity contribution in [2.24, 2.45) is 5.73 Å². The zero-order chi connectivity index (χ0) is 8.43. The first-order valence-electron chi connectivity index (χ1n) is 2.81. The normalized spacial score (nSPS) is 8.67. The Morgan fingerprint density at radius 3 is 2.58 bits per heavy atom. The van der Waals surface area contributed by atoms with Crippen LogP contribution in [0.5, 0.6) is 0 Å². The number of aromatic nitrogens is 1. The number of carbonyl (C=O) groups excluding carboxylic acids is 1. The maximum absolute atomic E-state index is 10.7. The molecule has 1 aromatic heterocycles. The molecule has 1 heterocycles. The number of carbonyl (C=O) groups is 1. The maximum Gasteiger partial charge on any atom is 1.00 e. The number of hydrogen-bond acceptors (Lipinski definition) is 3. The van der Waals surface area contributed by atoms with Crippen molar-refractivity contribution in [2.75, 3.05) is 0 Å². The molecule has 0 saturated heterocycles. The third kappa shape index (κ3) is 2.96. The molecule has 0 aliphatic rings. The van der Waals surface area contributed by atoms with E-state index in [0.29, 0.717) is 4.73 Å². The molecule has 0 radical (unpaired) electrons. The molecule has 0 fully saturated rings. The van der Waals surface area contributed by atoms with Crippen LogP contribution in [0.25, 0.3) is 0 Å². The van der Waals surface area contributed by atoms with Gasteiger partial charge >= 0.3 is 51.4 Å². The van der Waals surface area contributed by atoms with Crippen molar-refractivity contribution >= 4 is 18.5 Å². The fraction of sp³-hybridized carbons (Fsp3) is 0. The van der Waals surface area contributed by atoms with Gasteiger partial charge in [-0.2, -0.15) is 4.73 Å². The second-order valence-corrected chi connectivity index (χ2v) is 2.36. The molecule has 0 spiro atoms. The van der Waals surface area contributed by atoms with Crippen LogP contribution in [0.2, 0.25) is 0 Å². The van der Waals surface area contributed by atoms with E-state index in [0.717, 1.165) is 6.20 Å². The van der Waals surface area contributed by atoms with Gasteiger partial charge in [-0.3, -0.25) is 4.79 Å². The summed E-state index contributed by atoms with van der Waals surface area (Å²) in [5, 5.41) is 10.9. The summed E-state index contributed by atoms with van der Waals surface area (Å²) < 4.78 is 0.426. The Balaban J connectivity index is 0.00000121. The number of hydrogen-bond donors (Lipinski definition) is 1. The third-order valence-corrected chi connectivity index (χ3v) is 1.48. The van der Waals surface area contributed by atoms with Crippen molar-refractivity contribution in [3.63, 3.8) is 0 Å². The van der Waals surface area contributed by atoms with E-state index in [1.807, 2.05) is 0 Å². The van der Waals surface area contributed by atoms with E-state index in [1.165, 1.54) is 12.1 Å². The Bertz CT molecular complexity index is 306. The van der Waals surface area contributed by atoms with Gasteiger partial charge in [-0.15, -0.1) is 0 Å². The van der Waals surface area contributed by atoms with Crippen LogP contribution in [0.3, 0.4) is 0 Å². The topological polar surface area (TPSA) is 70.0 Å². The number of primary amides is 1. The second-order valence-electron chi connectivity index (χ2n) is 1.95. The molecular formula is C6H5KN2O2S. The Labute approximate surface area is 118 Å². The van der Waals surface area contributed by atoms with E-state index >= 15 is 0 Å². The summed E-state index contributed by atoms with van der Waals surface area (Å²) in [5.41, 5.74) is 5.07. The predicted octanol–water partition coefficient (Wildman–Crippen LogP) is -3.67. The minimum absolute atomic E-state index is 0. The molecule has 4 nitrogen and oxygen atoms in total. The molecule has 12 heavy (non-hydrogen) atoms. The molecular weight excluding hydrogens is 203 g/mol. The first-order valence-corrected chi connectivity index (χ1v) is 3.22. The van der Waals surface area contributed by atoms with E-state index < -0.39 is 5.91 Å². The first kappa shape index (κ1) is 12.3. The van der Waals surface area contributed by atoms with Gasteiger partial charge in [0.1, 0.15) is 5.56 Å². The molecule has 1 rings (SSSR count). The van der Waals surface area contributed by atoms with Gasteiger partial charge in [-0.25, -0.2) is 0 Å². The van der Waals surface area contributed by atoms with Crippen molar-refractivity contribution in [3.05, 3.63) is 29.1 Å². The predicted molar refractivity (Wildman–Crippen MR) is 39.6 cm³/mol. The van der Waals surface area contributed by atoms with Crippen molar-refractivity contribution in [1.29, 1.82) is 0 Å². The number of rotatable bonds is 1. The molecule has 58 valence electrons. The SMILES string of the molecule is NC(=O)c1ccc([S-])[n+]([O-])c1.[K+]. The summed E-state index contributed by atoms with van der Waals surface area (Å²) in [6.07, 6.45) is 1.06. The van der Waals surface area contributed by atoms with E-state index in [9.17, 15) is 10.0 Å². The van der Waals surface area contributed by atoms with Gasteiger partial charge in [0.15, 0.2) is 6.20 Å². The molecule has 1 amide bonds. The molecule has 0 saturated carbocycles. The molecule has 0 aliphatic carbocycles. The van der Waals surface area contributed by atoms with Crippen LogP contribution in [-0.2, 0) is 12.6 Å². The van der Waals surface area contributed by atoms with E-state index in [1.54, 1.807) is 0 Å². The Kier molecular flexibility index (Phi) is 5.22. The number of amides is 1. The zero-order valence-corrected chi connectivity index (χ0v) is 10.4. The van der Waals surface area contributed by atoms with Crippen LogP contribution in [0.15, 0.2) is 23.4 Å². The molecule has 6 heteroatoms. The molecule has 0 unspecified atom stereocenters. The number of nitrogens with two attached hydrogens (primary N) is 1. The van der Waals surface area contributed by atoms with E-state index in [-0.39, 0.29) is 62.0 Å². The van der Waals surface area contributed by atoms with Crippen molar-refractivity contribution in [2.45, 2.75) is 5.03 Å². The van der Waals surface area contributed by atoms with Crippen LogP contribution >= 0.6 is 0 Å². The van der Waals surface area contributed by atoms with Gasteiger partial charge in [0.25, 0.3) is 5.91 Å². The average Bonchev–Trinajstić information content (AvgIpc) is 1.94. The summed E-state index contributed by atoms with van der Waals surface area (Å²) in [6.45, 7) is 0. The third-order valence-electron chi connectivity index (χ3n) is 1.16. The second kappa shape index (κ2) is 5.10. The van der Waals surface area contributed by atoms with Gasteiger partial charge in [-0.1, -0.05) is 0 Å². The zero-order valence-electron chi connectivity index (χ0n) is 6.48. The van der Waals surface area contributed by atoms with Crippen LogP contribution in [0.1, 0.15) is 10.4 Å². The smallest absolute Gasteiger partial charge is 0.709 e. The summed E-state index contributed by atoms with van der Waals surface area (Å²) in [5.74, 6) is -0.635. The van der Waals surface area contributed by atoms with Gasteiger partial charge in [-0.05, 0) is 12.1 Å². The van der Waals surface area contributed by atoms with E-state index in [4.69, 9.17) is 5.73 Å². The number of nitrogens with zero attached hydrogens (tertiary/aromatic N) is 1. The minimum atomic E-state index is -0.635. The monoisotopic (exact) mass is 208 g/mol. The van der Waals surface area contributed by atoms with Gasteiger partial charge in [0.2, 0.25) is 0 Å². The summed E-state index contributed by atoms with van der Waals surface area (Å²) in [7, 11) is 0. The number of pyridine rings is 1. The Hall–Kier alpha value is 0.276. The minimum Gasteiger partial charge on any atom is -0.709 e. The van der Waals surface area contributed by atoms with E-state index in [2.05, 4.69) is 12.6 Å². The van der Waals surface area contributed by atoms with Crippen molar-refractivity contribution in [3.8, 4) is 0 Å². The average molecular weight is 208 g/mol. The molecule has 1 aromatic rings. The summed E-state index contributed by atoms with van der Waals surface area (Å²) in [4.78, 5) is 10.5. The maximum atomic E-state index is 10.7. The molecule has 0 atom stereocenters. The van der Waals surface area contributed by atoms with Gasteiger partial charge in [0, 0.05) is 0 Å². The fourth-order valence-electron chi connectivity index (χ4n) is 0.613. The van der Waals surface area contributed by atoms with Crippen LogP contribution in [-0.4, -0.2) is 5.91 Å². The van der Waals surface area contributed by atoms with Crippen molar-refractivity contribution in [1.82, 2.24) is 0 Å². The largest absolute Gasteiger partial charge is 1.00 e. The summed E-state index contributed by atoms with van der Waals surface area (Å²) in [6, 6.07) is 2.78. The van der Waals surface area contributed by atoms with Gasteiger partial charge < -0.3 is 23.6 Å². The Morgan fingerprint density at radius 1 is 1.58 bits per heavy atom. The van der Waals surface area contributed by atoms with Crippen LogP contribution in [0.4, 0.5) is 0 Å². The quantitative estimate of drug-likeness (QED) is 0.224. The first-order chi connectivity index (χ1) is 5.11. The standard InChI is InChI=1S/C6H6N2O2S.K/c7-6(9)4-1-2-5(11)8(10)3-4;/h1-3,11H,(H2,7,9);/q;+1/p-1. The van der Waals surface area contributed by atoms with Crippen LogP contribution < -0.4 is 61.8 Å². The fourth-order valence-corrected chi connectivity index (χ4v) is 0.734. The Morgan fingerprint density at radius 2 is 2.17 bits per heavy atom. The molecule has 0 aromatic carbocycles. The van der Waals surface area contributed by atoms with Crippen LogP contribution in [0, 0.1) is 5.21 Å². The van der Waals surface area contributed by atoms with Crippen molar-refractivity contribution < 1.29 is 60.9 Å². The molecule has 0 aliphatic heterocycles. The molecule has 2 N–H and O–H groups in total. The molecule has 0 bridgehead atoms.